The fraction of sp³-hybridized carbons (Fsp3) is 0.316. The Hall–Kier alpha value is -2.13. The van der Waals surface area contributed by atoms with Gasteiger partial charge in [-0.15, -0.1) is 0 Å². The Bertz CT molecular complexity index is 636. The first-order valence-corrected chi connectivity index (χ1v) is 7.71. The third-order valence-electron chi connectivity index (χ3n) is 4.19. The van der Waals surface area contributed by atoms with Crippen molar-refractivity contribution in [3.05, 3.63) is 71.3 Å². The molecule has 0 radical (unpaired) electrons. The van der Waals surface area contributed by atoms with Crippen molar-refractivity contribution >= 4 is 5.97 Å². The van der Waals surface area contributed by atoms with Crippen LogP contribution in [-0.2, 0) is 9.53 Å². The van der Waals surface area contributed by atoms with Crippen LogP contribution in [0, 0.1) is 6.92 Å². The number of benzene rings is 2. The largest absolute Gasteiger partial charge is 0.456 e. The molecular weight excluding hydrogens is 274 g/mol. The average molecular weight is 295 g/mol. The minimum atomic E-state index is -0.249. The minimum Gasteiger partial charge on any atom is -0.456 e. The topological polar surface area (TPSA) is 38.3 Å². The molecule has 22 heavy (non-hydrogen) atoms. The molecule has 1 aliphatic rings. The maximum atomic E-state index is 12.1. The second-order valence-corrected chi connectivity index (χ2v) is 5.92. The lowest BCUT2D eigenvalue weighted by Crippen LogP contribution is -2.35. The number of hydrogen-bond donors (Lipinski definition) is 1. The molecule has 0 unspecified atom stereocenters. The normalized spacial score (nSPS) is 22.4. The molecule has 3 heteroatoms. The van der Waals surface area contributed by atoms with Crippen molar-refractivity contribution in [3.8, 4) is 0 Å². The molecule has 114 valence electrons. The summed E-state index contributed by atoms with van der Waals surface area (Å²) < 4.78 is 5.54. The zero-order valence-electron chi connectivity index (χ0n) is 13.0. The number of aryl methyl sites for hydroxylation is 1. The third kappa shape index (κ3) is 3.20. The molecule has 3 atom stereocenters. The van der Waals surface area contributed by atoms with Crippen molar-refractivity contribution in [1.29, 1.82) is 0 Å². The predicted octanol–water partition coefficient (Wildman–Crippen LogP) is 3.70. The molecule has 0 amide bonds. The molecule has 2 aromatic rings. The molecule has 0 aliphatic carbocycles. The molecular formula is C19H21NO2. The van der Waals surface area contributed by atoms with Gasteiger partial charge in [0.2, 0.25) is 0 Å². The van der Waals surface area contributed by atoms with E-state index in [1.54, 1.807) is 0 Å². The molecule has 3 nitrogen and oxygen atoms in total. The van der Waals surface area contributed by atoms with Gasteiger partial charge in [0.1, 0.15) is 12.1 Å². The van der Waals surface area contributed by atoms with Crippen LogP contribution in [0.4, 0.5) is 0 Å². The molecule has 0 spiro atoms. The molecule has 0 bridgehead atoms. The Labute approximate surface area is 131 Å². The quantitative estimate of drug-likeness (QED) is 0.874. The minimum absolute atomic E-state index is 0.121. The van der Waals surface area contributed by atoms with Crippen molar-refractivity contribution in [2.45, 2.75) is 38.5 Å². The van der Waals surface area contributed by atoms with Crippen LogP contribution < -0.4 is 5.32 Å². The van der Waals surface area contributed by atoms with Crippen LogP contribution >= 0.6 is 0 Å². The van der Waals surface area contributed by atoms with Gasteiger partial charge < -0.3 is 4.74 Å². The third-order valence-corrected chi connectivity index (χ3v) is 4.19. The molecule has 0 aromatic heterocycles. The summed E-state index contributed by atoms with van der Waals surface area (Å²) in [6.07, 6.45) is 0.535. The van der Waals surface area contributed by atoms with E-state index in [1.807, 2.05) is 30.3 Å². The van der Waals surface area contributed by atoms with Crippen molar-refractivity contribution in [3.63, 3.8) is 0 Å². The Morgan fingerprint density at radius 2 is 1.77 bits per heavy atom. The number of hydrogen-bond acceptors (Lipinski definition) is 3. The van der Waals surface area contributed by atoms with E-state index in [-0.39, 0.29) is 24.2 Å². The Morgan fingerprint density at radius 1 is 1.09 bits per heavy atom. The number of ether oxygens (including phenoxy) is 1. The van der Waals surface area contributed by atoms with Crippen LogP contribution in [0.3, 0.4) is 0 Å². The zero-order chi connectivity index (χ0) is 15.5. The standard InChI is InChI=1S/C19H21NO2/c1-13-8-10-16(11-9-13)18-12-17(19(21)22-18)20-14(2)15-6-4-3-5-7-15/h3-11,14,17-18,20H,12H2,1-2H3/t14-,17-,18-/m1/s1. The van der Waals surface area contributed by atoms with Gasteiger partial charge in [-0.1, -0.05) is 60.2 Å². The summed E-state index contributed by atoms with van der Waals surface area (Å²) in [4.78, 5) is 12.1. The second-order valence-electron chi connectivity index (χ2n) is 5.92. The Balaban J connectivity index is 1.66. The van der Waals surface area contributed by atoms with E-state index in [0.717, 1.165) is 5.56 Å². The molecule has 3 rings (SSSR count). The van der Waals surface area contributed by atoms with Gasteiger partial charge in [0.05, 0.1) is 0 Å². The van der Waals surface area contributed by atoms with E-state index in [4.69, 9.17) is 4.74 Å². The van der Waals surface area contributed by atoms with E-state index in [1.165, 1.54) is 11.1 Å². The lowest BCUT2D eigenvalue weighted by Gasteiger charge is -2.17. The summed E-state index contributed by atoms with van der Waals surface area (Å²) >= 11 is 0. The first-order valence-electron chi connectivity index (χ1n) is 7.71. The highest BCUT2D eigenvalue weighted by molar-refractivity contribution is 5.78. The highest BCUT2D eigenvalue weighted by atomic mass is 16.6. The SMILES string of the molecule is Cc1ccc([C@H]2C[C@@H](N[C@H](C)c3ccccc3)C(=O)O2)cc1. The zero-order valence-corrected chi connectivity index (χ0v) is 13.0. The van der Waals surface area contributed by atoms with Gasteiger partial charge in [0, 0.05) is 12.5 Å². The van der Waals surface area contributed by atoms with Crippen molar-refractivity contribution in [1.82, 2.24) is 5.32 Å². The molecule has 2 aromatic carbocycles. The van der Waals surface area contributed by atoms with E-state index in [9.17, 15) is 4.79 Å². The molecule has 1 N–H and O–H groups in total. The number of esters is 1. The van der Waals surface area contributed by atoms with Crippen molar-refractivity contribution in [2.24, 2.45) is 0 Å². The predicted molar refractivity (Wildman–Crippen MR) is 86.4 cm³/mol. The van der Waals surface area contributed by atoms with E-state index in [0.29, 0.717) is 6.42 Å². The van der Waals surface area contributed by atoms with E-state index >= 15 is 0 Å². The Kier molecular flexibility index (Phi) is 4.25. The first kappa shape index (κ1) is 14.8. The van der Waals surface area contributed by atoms with Gasteiger partial charge >= 0.3 is 5.97 Å². The van der Waals surface area contributed by atoms with Gasteiger partial charge in [0.25, 0.3) is 0 Å². The van der Waals surface area contributed by atoms with Crippen LogP contribution in [0.1, 0.15) is 42.2 Å². The van der Waals surface area contributed by atoms with Gasteiger partial charge in [0.15, 0.2) is 0 Å². The molecule has 1 fully saturated rings. The van der Waals surface area contributed by atoms with Crippen LogP contribution in [0.25, 0.3) is 0 Å². The molecule has 1 saturated heterocycles. The molecule has 1 aliphatic heterocycles. The summed E-state index contributed by atoms with van der Waals surface area (Å²) in [5.41, 5.74) is 3.45. The number of cyclic esters (lactones) is 1. The summed E-state index contributed by atoms with van der Waals surface area (Å²) in [6, 6.07) is 18.2. The number of rotatable bonds is 4. The molecule has 0 saturated carbocycles. The maximum Gasteiger partial charge on any atom is 0.323 e. The lowest BCUT2D eigenvalue weighted by atomic mass is 10.0. The first-order chi connectivity index (χ1) is 10.6. The van der Waals surface area contributed by atoms with Gasteiger partial charge in [-0.2, -0.15) is 0 Å². The van der Waals surface area contributed by atoms with Crippen LogP contribution in [0.15, 0.2) is 54.6 Å². The fourth-order valence-corrected chi connectivity index (χ4v) is 2.84. The highest BCUT2D eigenvalue weighted by Gasteiger charge is 2.35. The van der Waals surface area contributed by atoms with Crippen molar-refractivity contribution in [2.75, 3.05) is 0 Å². The lowest BCUT2D eigenvalue weighted by molar-refractivity contribution is -0.143. The van der Waals surface area contributed by atoms with Crippen LogP contribution in [0.5, 0.6) is 0 Å². The van der Waals surface area contributed by atoms with E-state index in [2.05, 4.69) is 43.4 Å². The van der Waals surface area contributed by atoms with Crippen LogP contribution in [-0.4, -0.2) is 12.0 Å². The summed E-state index contributed by atoms with van der Waals surface area (Å²) in [6.45, 7) is 4.12. The van der Waals surface area contributed by atoms with E-state index < -0.39 is 0 Å². The monoisotopic (exact) mass is 295 g/mol. The Morgan fingerprint density at radius 3 is 2.45 bits per heavy atom. The molecule has 1 heterocycles. The number of carbonyl (C=O) groups excluding carboxylic acids is 1. The average Bonchev–Trinajstić information content (AvgIpc) is 2.90. The smallest absolute Gasteiger partial charge is 0.323 e. The van der Waals surface area contributed by atoms with Crippen molar-refractivity contribution < 1.29 is 9.53 Å². The van der Waals surface area contributed by atoms with Gasteiger partial charge in [-0.25, -0.2) is 0 Å². The fourth-order valence-electron chi connectivity index (χ4n) is 2.84. The summed E-state index contributed by atoms with van der Waals surface area (Å²) in [7, 11) is 0. The highest BCUT2D eigenvalue weighted by Crippen LogP contribution is 2.31. The second kappa shape index (κ2) is 6.32. The maximum absolute atomic E-state index is 12.1. The van der Waals surface area contributed by atoms with Gasteiger partial charge in [-0.3, -0.25) is 10.1 Å². The van der Waals surface area contributed by atoms with Crippen LogP contribution in [0.2, 0.25) is 0 Å². The summed E-state index contributed by atoms with van der Waals surface area (Å²) in [5, 5.41) is 3.38. The summed E-state index contributed by atoms with van der Waals surface area (Å²) in [5.74, 6) is -0.159. The van der Waals surface area contributed by atoms with Gasteiger partial charge in [-0.05, 0) is 25.0 Å². The number of carbonyl (C=O) groups is 1. The number of nitrogens with one attached hydrogen (secondary N) is 1.